The fourth-order valence-corrected chi connectivity index (χ4v) is 1.16. The van der Waals surface area contributed by atoms with Crippen molar-refractivity contribution in [1.82, 2.24) is 5.32 Å². The zero-order chi connectivity index (χ0) is 11.3. The number of nitrogens with two attached hydrogens (primary N) is 1. The van der Waals surface area contributed by atoms with E-state index in [1.165, 1.54) is 0 Å². The molecule has 1 aromatic rings. The van der Waals surface area contributed by atoms with Gasteiger partial charge in [0.15, 0.2) is 6.61 Å². The molecule has 1 rings (SSSR count). The minimum Gasteiger partial charge on any atom is -0.482 e. The average Bonchev–Trinajstić information content (AvgIpc) is 2.20. The Morgan fingerprint density at radius 1 is 1.53 bits per heavy atom. The first-order chi connectivity index (χ1) is 7.13. The molecule has 0 fully saturated rings. The Hall–Kier alpha value is -1.71. The molecule has 0 radical (unpaired) electrons. The fourth-order valence-electron chi connectivity index (χ4n) is 1.16. The van der Waals surface area contributed by atoms with Gasteiger partial charge in [-0.05, 0) is 31.5 Å². The molecule has 4 heteroatoms. The van der Waals surface area contributed by atoms with E-state index in [0.29, 0.717) is 18.0 Å². The summed E-state index contributed by atoms with van der Waals surface area (Å²) in [7, 11) is 0. The fraction of sp³-hybridized carbons (Fsp3) is 0.364. The Balaban J connectivity index is 2.57. The third-order valence-electron chi connectivity index (χ3n) is 1.90. The highest BCUT2D eigenvalue weighted by Crippen LogP contribution is 2.21. The van der Waals surface area contributed by atoms with Gasteiger partial charge in [0.1, 0.15) is 5.75 Å². The number of aryl methyl sites for hydroxylation is 1. The maximum Gasteiger partial charge on any atom is 0.257 e. The Bertz CT molecular complexity index is 350. The number of carbonyl (C=O) groups is 1. The predicted molar refractivity (Wildman–Crippen MR) is 59.8 cm³/mol. The number of likely N-dealkylation sites (N-methyl/N-ethyl adjacent to an activating group) is 1. The first-order valence-electron chi connectivity index (χ1n) is 4.89. The van der Waals surface area contributed by atoms with Crippen molar-refractivity contribution in [2.24, 2.45) is 0 Å². The number of hydrogen-bond donors (Lipinski definition) is 2. The minimum atomic E-state index is -0.140. The molecular formula is C11H16N2O2. The third kappa shape index (κ3) is 3.50. The number of nitrogens with one attached hydrogen (secondary N) is 1. The second-order valence-electron chi connectivity index (χ2n) is 3.28. The van der Waals surface area contributed by atoms with Gasteiger partial charge in [0.2, 0.25) is 0 Å². The van der Waals surface area contributed by atoms with Crippen LogP contribution in [0.5, 0.6) is 5.75 Å². The molecular weight excluding hydrogens is 192 g/mol. The highest BCUT2D eigenvalue weighted by molar-refractivity contribution is 5.77. The maximum absolute atomic E-state index is 11.1. The van der Waals surface area contributed by atoms with Crippen LogP contribution in [0.25, 0.3) is 0 Å². The van der Waals surface area contributed by atoms with Crippen LogP contribution in [0.4, 0.5) is 5.69 Å². The van der Waals surface area contributed by atoms with Crippen LogP contribution in [-0.4, -0.2) is 19.1 Å². The zero-order valence-electron chi connectivity index (χ0n) is 9.04. The van der Waals surface area contributed by atoms with Gasteiger partial charge in [0.25, 0.3) is 5.91 Å². The number of ether oxygens (including phenoxy) is 1. The van der Waals surface area contributed by atoms with Gasteiger partial charge in [0, 0.05) is 6.54 Å². The van der Waals surface area contributed by atoms with Gasteiger partial charge >= 0.3 is 0 Å². The number of anilines is 1. The maximum atomic E-state index is 11.1. The molecule has 0 bridgehead atoms. The lowest BCUT2D eigenvalue weighted by molar-refractivity contribution is -0.122. The molecule has 0 aliphatic carbocycles. The average molecular weight is 208 g/mol. The Kier molecular flexibility index (Phi) is 3.97. The lowest BCUT2D eigenvalue weighted by atomic mass is 10.2. The van der Waals surface area contributed by atoms with Crippen molar-refractivity contribution in [3.8, 4) is 5.75 Å². The largest absolute Gasteiger partial charge is 0.482 e. The van der Waals surface area contributed by atoms with E-state index in [1.807, 2.05) is 26.0 Å². The van der Waals surface area contributed by atoms with Crippen LogP contribution in [0, 0.1) is 6.92 Å². The van der Waals surface area contributed by atoms with E-state index >= 15 is 0 Å². The highest BCUT2D eigenvalue weighted by Gasteiger charge is 2.04. The van der Waals surface area contributed by atoms with Crippen molar-refractivity contribution >= 4 is 11.6 Å². The summed E-state index contributed by atoms with van der Waals surface area (Å²) < 4.78 is 5.29. The summed E-state index contributed by atoms with van der Waals surface area (Å²) in [6, 6.07) is 5.48. The second kappa shape index (κ2) is 5.24. The molecule has 0 aromatic heterocycles. The lowest BCUT2D eigenvalue weighted by Gasteiger charge is -2.09. The Morgan fingerprint density at radius 3 is 2.93 bits per heavy atom. The standard InChI is InChI=1S/C11H16N2O2/c1-3-13-11(14)7-15-10-6-8(2)4-5-9(10)12/h4-6H,3,7,12H2,1-2H3,(H,13,14). The normalized spacial score (nSPS) is 9.73. The van der Waals surface area contributed by atoms with E-state index in [0.717, 1.165) is 5.56 Å². The van der Waals surface area contributed by atoms with E-state index in [-0.39, 0.29) is 12.5 Å². The molecule has 1 aromatic carbocycles. The van der Waals surface area contributed by atoms with Gasteiger partial charge in [-0.3, -0.25) is 4.79 Å². The van der Waals surface area contributed by atoms with E-state index in [4.69, 9.17) is 10.5 Å². The van der Waals surface area contributed by atoms with Crippen LogP contribution in [0.1, 0.15) is 12.5 Å². The van der Waals surface area contributed by atoms with Crippen LogP contribution < -0.4 is 15.8 Å². The van der Waals surface area contributed by atoms with Gasteiger partial charge < -0.3 is 15.8 Å². The quantitative estimate of drug-likeness (QED) is 0.728. The summed E-state index contributed by atoms with van der Waals surface area (Å²) in [6.45, 7) is 4.41. The molecule has 15 heavy (non-hydrogen) atoms. The molecule has 0 aliphatic heterocycles. The van der Waals surface area contributed by atoms with Gasteiger partial charge in [-0.2, -0.15) is 0 Å². The van der Waals surface area contributed by atoms with Crippen LogP contribution in [-0.2, 0) is 4.79 Å². The van der Waals surface area contributed by atoms with E-state index in [2.05, 4.69) is 5.32 Å². The molecule has 3 N–H and O–H groups in total. The molecule has 0 aliphatic rings. The molecule has 0 saturated carbocycles. The van der Waals surface area contributed by atoms with Crippen molar-refractivity contribution in [3.05, 3.63) is 23.8 Å². The second-order valence-corrected chi connectivity index (χ2v) is 3.28. The molecule has 0 saturated heterocycles. The van der Waals surface area contributed by atoms with Crippen molar-refractivity contribution in [2.45, 2.75) is 13.8 Å². The van der Waals surface area contributed by atoms with E-state index in [1.54, 1.807) is 6.07 Å². The SMILES string of the molecule is CCNC(=O)COc1cc(C)ccc1N. The van der Waals surface area contributed by atoms with Crippen molar-refractivity contribution < 1.29 is 9.53 Å². The summed E-state index contributed by atoms with van der Waals surface area (Å²) in [6.07, 6.45) is 0. The topological polar surface area (TPSA) is 64.3 Å². The van der Waals surface area contributed by atoms with Gasteiger partial charge in [-0.1, -0.05) is 6.07 Å². The van der Waals surface area contributed by atoms with Crippen LogP contribution >= 0.6 is 0 Å². The predicted octanol–water partition coefficient (Wildman–Crippen LogP) is 1.09. The van der Waals surface area contributed by atoms with E-state index < -0.39 is 0 Å². The first-order valence-corrected chi connectivity index (χ1v) is 4.89. The molecule has 82 valence electrons. The summed E-state index contributed by atoms with van der Waals surface area (Å²) in [4.78, 5) is 11.1. The molecule has 1 amide bonds. The number of hydrogen-bond acceptors (Lipinski definition) is 3. The number of nitrogen functional groups attached to an aromatic ring is 1. The monoisotopic (exact) mass is 208 g/mol. The molecule has 0 heterocycles. The van der Waals surface area contributed by atoms with Crippen LogP contribution in [0.2, 0.25) is 0 Å². The summed E-state index contributed by atoms with van der Waals surface area (Å²) >= 11 is 0. The van der Waals surface area contributed by atoms with E-state index in [9.17, 15) is 4.79 Å². The van der Waals surface area contributed by atoms with Crippen molar-refractivity contribution in [3.63, 3.8) is 0 Å². The van der Waals surface area contributed by atoms with Gasteiger partial charge in [0.05, 0.1) is 5.69 Å². The Morgan fingerprint density at radius 2 is 2.27 bits per heavy atom. The van der Waals surface area contributed by atoms with Crippen molar-refractivity contribution in [1.29, 1.82) is 0 Å². The first kappa shape index (κ1) is 11.4. The molecule has 0 unspecified atom stereocenters. The smallest absolute Gasteiger partial charge is 0.257 e. The summed E-state index contributed by atoms with van der Waals surface area (Å²) in [5.74, 6) is 0.416. The number of rotatable bonds is 4. The minimum absolute atomic E-state index is 0.00148. The van der Waals surface area contributed by atoms with Gasteiger partial charge in [-0.25, -0.2) is 0 Å². The number of benzene rings is 1. The lowest BCUT2D eigenvalue weighted by Crippen LogP contribution is -2.28. The number of carbonyl (C=O) groups excluding carboxylic acids is 1. The van der Waals surface area contributed by atoms with Gasteiger partial charge in [-0.15, -0.1) is 0 Å². The molecule has 0 spiro atoms. The summed E-state index contributed by atoms with van der Waals surface area (Å²) in [5.41, 5.74) is 7.29. The van der Waals surface area contributed by atoms with Crippen LogP contribution in [0.15, 0.2) is 18.2 Å². The van der Waals surface area contributed by atoms with Crippen molar-refractivity contribution in [2.75, 3.05) is 18.9 Å². The summed E-state index contributed by atoms with van der Waals surface area (Å²) in [5, 5.41) is 2.65. The third-order valence-corrected chi connectivity index (χ3v) is 1.90. The zero-order valence-corrected chi connectivity index (χ0v) is 9.04. The molecule has 0 atom stereocenters. The molecule has 4 nitrogen and oxygen atoms in total. The Labute approximate surface area is 89.4 Å². The highest BCUT2D eigenvalue weighted by atomic mass is 16.5. The van der Waals surface area contributed by atoms with Crippen LogP contribution in [0.3, 0.4) is 0 Å². The number of amides is 1.